The quantitative estimate of drug-likeness (QED) is 0.923. The summed E-state index contributed by atoms with van der Waals surface area (Å²) in [6.45, 7) is 6.76. The second-order valence-electron chi connectivity index (χ2n) is 5.77. The van der Waals surface area contributed by atoms with Crippen LogP contribution < -0.4 is 5.32 Å². The predicted molar refractivity (Wildman–Crippen MR) is 93.5 cm³/mol. The molecule has 0 bridgehead atoms. The Balaban J connectivity index is 1.66. The predicted octanol–water partition coefficient (Wildman–Crippen LogP) is 3.30. The molecule has 0 saturated carbocycles. The van der Waals surface area contributed by atoms with Crippen molar-refractivity contribution in [2.45, 2.75) is 39.8 Å². The number of imidazole rings is 1. The van der Waals surface area contributed by atoms with Gasteiger partial charge >= 0.3 is 0 Å². The van der Waals surface area contributed by atoms with Crippen molar-refractivity contribution in [3.8, 4) is 0 Å². The maximum atomic E-state index is 12.4. The van der Waals surface area contributed by atoms with Gasteiger partial charge in [0.25, 0.3) is 5.91 Å². The fourth-order valence-corrected chi connectivity index (χ4v) is 2.85. The van der Waals surface area contributed by atoms with Crippen LogP contribution in [0.5, 0.6) is 0 Å². The van der Waals surface area contributed by atoms with Crippen LogP contribution in [0.2, 0.25) is 5.02 Å². The van der Waals surface area contributed by atoms with Gasteiger partial charge in [-0.25, -0.2) is 4.98 Å². The fraction of sp³-hybridized carbons (Fsp3) is 0.353. The highest BCUT2D eigenvalue weighted by Gasteiger charge is 2.30. The van der Waals surface area contributed by atoms with Crippen molar-refractivity contribution >= 4 is 28.9 Å². The van der Waals surface area contributed by atoms with Gasteiger partial charge in [0, 0.05) is 19.2 Å². The van der Waals surface area contributed by atoms with Crippen molar-refractivity contribution in [2.75, 3.05) is 5.32 Å². The molecule has 1 unspecified atom stereocenters. The van der Waals surface area contributed by atoms with Crippen LogP contribution >= 0.6 is 11.6 Å². The summed E-state index contributed by atoms with van der Waals surface area (Å²) < 4.78 is 2.03. The van der Waals surface area contributed by atoms with Gasteiger partial charge in [0.05, 0.1) is 10.7 Å². The van der Waals surface area contributed by atoms with Gasteiger partial charge in [0.15, 0.2) is 0 Å². The van der Waals surface area contributed by atoms with E-state index in [0.29, 0.717) is 22.8 Å². The first-order chi connectivity index (χ1) is 11.5. The summed E-state index contributed by atoms with van der Waals surface area (Å²) in [6, 6.07) is 5.46. The van der Waals surface area contributed by atoms with Crippen LogP contribution in [0.1, 0.15) is 30.4 Å². The van der Waals surface area contributed by atoms with Crippen molar-refractivity contribution in [3.63, 3.8) is 0 Å². The molecule has 1 amide bonds. The molecule has 2 heterocycles. The smallest absolute Gasteiger partial charge is 0.268 e. The second-order valence-corrected chi connectivity index (χ2v) is 6.18. The minimum atomic E-state index is -0.676. The largest absolute Gasteiger partial charge is 0.382 e. The molecule has 0 aliphatic carbocycles. The number of anilines is 1. The molecule has 2 aromatic rings. The number of rotatable bonds is 4. The molecule has 7 heteroatoms. The Kier molecular flexibility index (Phi) is 4.57. The molecular weight excluding hydrogens is 328 g/mol. The zero-order chi connectivity index (χ0) is 17.3. The number of nitrogens with zero attached hydrogens (tertiary/aromatic N) is 3. The third-order valence-electron chi connectivity index (χ3n) is 3.96. The molecule has 1 atom stereocenters. The van der Waals surface area contributed by atoms with E-state index < -0.39 is 6.10 Å². The molecule has 1 aliphatic heterocycles. The maximum Gasteiger partial charge on any atom is 0.268 e. The summed E-state index contributed by atoms with van der Waals surface area (Å²) in [5.41, 5.74) is 3.02. The number of aryl methyl sites for hydroxylation is 3. The first-order valence-corrected chi connectivity index (χ1v) is 8.19. The molecule has 1 aromatic heterocycles. The fourth-order valence-electron chi connectivity index (χ4n) is 2.57. The second kappa shape index (κ2) is 6.65. The van der Waals surface area contributed by atoms with Gasteiger partial charge in [-0.1, -0.05) is 22.8 Å². The average Bonchev–Trinajstić information content (AvgIpc) is 3.16. The zero-order valence-corrected chi connectivity index (χ0v) is 14.6. The van der Waals surface area contributed by atoms with E-state index in [1.165, 1.54) is 0 Å². The van der Waals surface area contributed by atoms with Crippen LogP contribution in [-0.2, 0) is 16.2 Å². The Morgan fingerprint density at radius 2 is 2.25 bits per heavy atom. The SMILES string of the molecule is CCn1cc(C2=NOC(C(=O)Nc3ccc(C)cc3Cl)C2)nc1C. The van der Waals surface area contributed by atoms with Crippen LogP contribution in [-0.4, -0.2) is 27.3 Å². The number of hydrogen-bond acceptors (Lipinski definition) is 4. The summed E-state index contributed by atoms with van der Waals surface area (Å²) in [5.74, 6) is 0.640. The standard InChI is InChI=1S/C17H19ClN4O2/c1-4-22-9-15(19-11(22)3)14-8-16(24-21-14)17(23)20-13-6-5-10(2)7-12(13)18/h5-7,9,16H,4,8H2,1-3H3,(H,20,23). The van der Waals surface area contributed by atoms with E-state index in [0.717, 1.165) is 23.6 Å². The average molecular weight is 347 g/mol. The number of carbonyl (C=O) groups excluding carboxylic acids is 1. The lowest BCUT2D eigenvalue weighted by Crippen LogP contribution is -2.28. The van der Waals surface area contributed by atoms with Gasteiger partial charge in [-0.2, -0.15) is 0 Å². The first-order valence-electron chi connectivity index (χ1n) is 7.81. The third-order valence-corrected chi connectivity index (χ3v) is 4.27. The molecule has 0 spiro atoms. The number of hydrogen-bond donors (Lipinski definition) is 1. The lowest BCUT2D eigenvalue weighted by atomic mass is 10.1. The van der Waals surface area contributed by atoms with Crippen LogP contribution in [0.4, 0.5) is 5.69 Å². The lowest BCUT2D eigenvalue weighted by molar-refractivity contribution is -0.125. The normalized spacial score (nSPS) is 16.7. The molecule has 1 aliphatic rings. The van der Waals surface area contributed by atoms with Gasteiger partial charge in [-0.3, -0.25) is 4.79 Å². The Hall–Kier alpha value is -2.34. The molecule has 1 N–H and O–H groups in total. The molecule has 6 nitrogen and oxygen atoms in total. The Morgan fingerprint density at radius 3 is 2.92 bits per heavy atom. The van der Waals surface area contributed by atoms with Crippen molar-refractivity contribution in [1.29, 1.82) is 0 Å². The number of halogens is 1. The minimum absolute atomic E-state index is 0.272. The van der Waals surface area contributed by atoms with Crippen LogP contribution in [0, 0.1) is 13.8 Å². The molecule has 24 heavy (non-hydrogen) atoms. The Bertz CT molecular complexity index is 813. The molecule has 0 saturated heterocycles. The molecular formula is C17H19ClN4O2. The van der Waals surface area contributed by atoms with Crippen molar-refractivity contribution < 1.29 is 9.63 Å². The number of benzene rings is 1. The topological polar surface area (TPSA) is 68.5 Å². The molecule has 0 fully saturated rings. The Morgan fingerprint density at radius 1 is 1.46 bits per heavy atom. The highest BCUT2D eigenvalue weighted by molar-refractivity contribution is 6.33. The zero-order valence-electron chi connectivity index (χ0n) is 13.8. The van der Waals surface area contributed by atoms with E-state index in [-0.39, 0.29) is 5.91 Å². The Labute approximate surface area is 145 Å². The lowest BCUT2D eigenvalue weighted by Gasteiger charge is -2.11. The summed E-state index contributed by atoms with van der Waals surface area (Å²) >= 11 is 6.14. The summed E-state index contributed by atoms with van der Waals surface area (Å²) in [7, 11) is 0. The molecule has 3 rings (SSSR count). The van der Waals surface area contributed by atoms with Crippen molar-refractivity contribution in [2.24, 2.45) is 5.16 Å². The van der Waals surface area contributed by atoms with Gasteiger partial charge in [0.1, 0.15) is 17.2 Å². The van der Waals surface area contributed by atoms with Crippen LogP contribution in [0.25, 0.3) is 0 Å². The summed E-state index contributed by atoms with van der Waals surface area (Å²) in [6.07, 6.45) is 1.63. The van der Waals surface area contributed by atoms with E-state index >= 15 is 0 Å². The summed E-state index contributed by atoms with van der Waals surface area (Å²) in [4.78, 5) is 22.1. The third kappa shape index (κ3) is 3.28. The van der Waals surface area contributed by atoms with E-state index in [2.05, 4.69) is 15.5 Å². The molecule has 1 aromatic carbocycles. The number of amides is 1. The van der Waals surface area contributed by atoms with Crippen molar-refractivity contribution in [1.82, 2.24) is 9.55 Å². The van der Waals surface area contributed by atoms with Crippen LogP contribution in [0.15, 0.2) is 29.6 Å². The highest BCUT2D eigenvalue weighted by Crippen LogP contribution is 2.24. The van der Waals surface area contributed by atoms with Gasteiger partial charge in [-0.05, 0) is 38.5 Å². The van der Waals surface area contributed by atoms with E-state index in [1.807, 2.05) is 37.6 Å². The monoisotopic (exact) mass is 346 g/mol. The van der Waals surface area contributed by atoms with E-state index in [1.54, 1.807) is 12.1 Å². The number of nitrogens with one attached hydrogen (secondary N) is 1. The number of aromatic nitrogens is 2. The van der Waals surface area contributed by atoms with Gasteiger partial charge in [-0.15, -0.1) is 0 Å². The van der Waals surface area contributed by atoms with E-state index in [4.69, 9.17) is 16.4 Å². The number of oxime groups is 1. The molecule has 0 radical (unpaired) electrons. The maximum absolute atomic E-state index is 12.4. The minimum Gasteiger partial charge on any atom is -0.382 e. The molecule has 126 valence electrons. The first kappa shape index (κ1) is 16.5. The van der Waals surface area contributed by atoms with E-state index in [9.17, 15) is 4.79 Å². The number of carbonyl (C=O) groups is 1. The van der Waals surface area contributed by atoms with Gasteiger partial charge in [0.2, 0.25) is 6.10 Å². The van der Waals surface area contributed by atoms with Crippen LogP contribution in [0.3, 0.4) is 0 Å². The van der Waals surface area contributed by atoms with Crippen molar-refractivity contribution in [3.05, 3.63) is 46.5 Å². The summed E-state index contributed by atoms with van der Waals surface area (Å²) in [5, 5.41) is 7.31. The van der Waals surface area contributed by atoms with Gasteiger partial charge < -0.3 is 14.7 Å². The highest BCUT2D eigenvalue weighted by atomic mass is 35.5.